The molecule has 0 heteroatoms. The van der Waals surface area contributed by atoms with Gasteiger partial charge in [0, 0.05) is 0 Å². The lowest BCUT2D eigenvalue weighted by atomic mass is 9.52. The molecule has 104 heavy (non-hydrogen) atoms. The van der Waals surface area contributed by atoms with Gasteiger partial charge in [-0.05, 0) is 262 Å². The molecule has 0 heterocycles. The molecule has 0 N–H and O–H groups in total. The van der Waals surface area contributed by atoms with Crippen LogP contribution < -0.4 is 0 Å². The number of rotatable bonds is 2. The maximum absolute atomic E-state index is 2.58. The van der Waals surface area contributed by atoms with Crippen LogP contribution >= 0.6 is 0 Å². The largest absolute Gasteiger partial charge is 0.0648 e. The van der Waals surface area contributed by atoms with E-state index in [1.54, 1.807) is 0 Å². The molecule has 12 aliphatic rings. The number of hydrogen-bond donors (Lipinski definition) is 0. The first-order valence-corrected chi connectivity index (χ1v) is 47.0. The Morgan fingerprint density at radius 1 is 0.115 bits per heavy atom. The molecule has 0 amide bonds. The maximum atomic E-state index is 2.58. The third kappa shape index (κ3) is 26.0. The minimum absolute atomic E-state index is 0.575. The minimum atomic E-state index is 0.575. The molecule has 0 nitrogen and oxygen atoms in total. The van der Waals surface area contributed by atoms with E-state index < -0.39 is 0 Å². The summed E-state index contributed by atoms with van der Waals surface area (Å²) in [6.45, 7) is 87.1. The molecule has 0 aromatic rings. The molecular formula is C104H204. The van der Waals surface area contributed by atoms with E-state index in [-0.39, 0.29) is 0 Å². The molecular weight excluding hydrogens is 1250 g/mol. The zero-order valence-electron chi connectivity index (χ0n) is 79.9. The summed E-state index contributed by atoms with van der Waals surface area (Å²) in [6, 6.07) is 0. The quantitative estimate of drug-likeness (QED) is 0.259. The summed E-state index contributed by atoms with van der Waals surface area (Å²) in [7, 11) is 0. The van der Waals surface area contributed by atoms with E-state index in [4.69, 9.17) is 0 Å². The van der Waals surface area contributed by atoms with E-state index in [9.17, 15) is 0 Å². The Balaban J connectivity index is 0.000000301. The monoisotopic (exact) mass is 1450 g/mol. The summed E-state index contributed by atoms with van der Waals surface area (Å²) < 4.78 is 0. The summed E-state index contributed by atoms with van der Waals surface area (Å²) in [5, 5.41) is 0. The highest BCUT2D eigenvalue weighted by molar-refractivity contribution is 5.01. The van der Waals surface area contributed by atoms with Gasteiger partial charge in [0.15, 0.2) is 0 Å². The zero-order valence-corrected chi connectivity index (χ0v) is 79.9. The van der Waals surface area contributed by atoms with E-state index in [2.05, 4.69) is 249 Å². The fourth-order valence-electron chi connectivity index (χ4n) is 22.0. The van der Waals surface area contributed by atoms with Gasteiger partial charge in [-0.2, -0.15) is 0 Å². The van der Waals surface area contributed by atoms with Crippen LogP contribution in [-0.2, 0) is 0 Å². The van der Waals surface area contributed by atoms with E-state index in [1.165, 1.54) is 308 Å². The predicted molar refractivity (Wildman–Crippen MR) is 475 cm³/mol. The van der Waals surface area contributed by atoms with E-state index in [0.717, 1.165) is 0 Å². The van der Waals surface area contributed by atoms with Crippen molar-refractivity contribution in [2.45, 2.75) is 557 Å². The van der Waals surface area contributed by atoms with Crippen LogP contribution in [0.3, 0.4) is 0 Å². The van der Waals surface area contributed by atoms with Crippen molar-refractivity contribution in [1.29, 1.82) is 0 Å². The van der Waals surface area contributed by atoms with Crippen LogP contribution in [0.25, 0.3) is 0 Å². The van der Waals surface area contributed by atoms with Gasteiger partial charge in [-0.15, -0.1) is 0 Å². The zero-order chi connectivity index (χ0) is 79.9. The van der Waals surface area contributed by atoms with Crippen molar-refractivity contribution in [2.24, 2.45) is 108 Å². The minimum Gasteiger partial charge on any atom is -0.0648 e. The molecule has 0 radical (unpaired) electrons. The van der Waals surface area contributed by atoms with Crippen molar-refractivity contribution in [3.8, 4) is 0 Å². The highest BCUT2D eigenvalue weighted by Gasteiger charge is 2.50. The van der Waals surface area contributed by atoms with Gasteiger partial charge in [0.25, 0.3) is 0 Å². The molecule has 12 aliphatic carbocycles. The number of hydrogen-bond acceptors (Lipinski definition) is 0. The van der Waals surface area contributed by atoms with Gasteiger partial charge >= 0.3 is 0 Å². The first-order chi connectivity index (χ1) is 47.0. The Labute approximate surface area is 661 Å². The molecule has 12 saturated carbocycles. The van der Waals surface area contributed by atoms with Gasteiger partial charge in [-0.3, -0.25) is 0 Å². The van der Waals surface area contributed by atoms with E-state index in [0.29, 0.717) is 108 Å². The van der Waals surface area contributed by atoms with E-state index >= 15 is 0 Å². The first-order valence-electron chi connectivity index (χ1n) is 47.0. The topological polar surface area (TPSA) is 0 Å². The lowest BCUT2D eigenvalue weighted by molar-refractivity contribution is -0.0261. The second-order valence-corrected chi connectivity index (χ2v) is 50.5. The second kappa shape index (κ2) is 38.0. The summed E-state index contributed by atoms with van der Waals surface area (Å²) in [6.07, 6.45) is 69.7. The standard InChI is InChI=1S/C14H26.C12H22.C11H22.4C10H20.3C9H18/c1-13(9-5-3-6-10-13)14(2)11-7-4-8-12-14;1-11-7-3-5-9-12(11,2)10-6-4-8-11;1-5-11(4)9-7-6-8-10(11,2)3;4*1-9(2)7-5-6-8-10(9,3)4;3*1-8(2)6-5-7-9(8,3)4/h3-12H2,1-2H3;3-10H2,1-2H3;5-9H2,1-4H3;4*5-8H2,1-4H3;3*5-7H2,1-4H3/t;;11-;;;;;;;/m..0......./s1. The van der Waals surface area contributed by atoms with Gasteiger partial charge in [-0.25, -0.2) is 0 Å². The molecule has 0 aromatic carbocycles. The summed E-state index contributed by atoms with van der Waals surface area (Å²) in [5.74, 6) is 0. The van der Waals surface area contributed by atoms with Crippen LogP contribution in [0.4, 0.5) is 0 Å². The average Bonchev–Trinajstić information content (AvgIpc) is 1.73. The average molecular weight is 1450 g/mol. The smallest absolute Gasteiger partial charge is 0.0272 e. The SMILES string of the molecule is CC1(C)CCCC1(C)C.CC1(C)CCCC1(C)C.CC1(C)CCCC1(C)C.CC1(C)CCCCC1(C)C.CC1(C)CCCCC1(C)C.CC1(C)CCCCC1(C)C.CC1(C)CCCCC1(C)C.CC1(C2(C)CCCCC2)CCCCC1.CC12CCCCC1(C)CCCC2.CC[C@@]1(C)CCCCC1(C)C. The van der Waals surface area contributed by atoms with E-state index in [1.807, 2.05) is 0 Å². The number of fused-ring (bicyclic) bond motifs is 1. The Morgan fingerprint density at radius 3 is 0.327 bits per heavy atom. The third-order valence-corrected chi connectivity index (χ3v) is 39.5. The first kappa shape index (κ1) is 98.2. The molecule has 620 valence electrons. The van der Waals surface area contributed by atoms with Crippen molar-refractivity contribution in [3.05, 3.63) is 0 Å². The molecule has 12 rings (SSSR count). The van der Waals surface area contributed by atoms with Crippen LogP contribution in [0.2, 0.25) is 0 Å². The Bertz CT molecular complexity index is 2040. The van der Waals surface area contributed by atoms with Gasteiger partial charge < -0.3 is 0 Å². The fraction of sp³-hybridized carbons (Fsp3) is 1.00. The molecule has 0 spiro atoms. The normalized spacial score (nSPS) is 33.2. The van der Waals surface area contributed by atoms with Crippen molar-refractivity contribution >= 4 is 0 Å². The third-order valence-electron chi connectivity index (χ3n) is 39.5. The second-order valence-electron chi connectivity index (χ2n) is 50.5. The van der Waals surface area contributed by atoms with Crippen LogP contribution in [0.5, 0.6) is 0 Å². The summed E-state index contributed by atoms with van der Waals surface area (Å²) >= 11 is 0. The molecule has 0 unspecified atom stereocenters. The Kier molecular flexibility index (Phi) is 35.8. The molecule has 0 aliphatic heterocycles. The predicted octanol–water partition coefficient (Wildman–Crippen LogP) is 37.2. The summed E-state index contributed by atoms with van der Waals surface area (Å²) in [4.78, 5) is 0. The molecule has 1 atom stereocenters. The summed E-state index contributed by atoms with van der Waals surface area (Å²) in [5.41, 5.74) is 12.1. The van der Waals surface area contributed by atoms with Gasteiger partial charge in [0.2, 0.25) is 0 Å². The highest BCUT2D eigenvalue weighted by Crippen LogP contribution is 2.61. The molecule has 0 bridgehead atoms. The molecule has 0 aromatic heterocycles. The molecule has 0 saturated heterocycles. The van der Waals surface area contributed by atoms with Crippen LogP contribution in [0.15, 0.2) is 0 Å². The van der Waals surface area contributed by atoms with Gasteiger partial charge in [0.1, 0.15) is 0 Å². The maximum Gasteiger partial charge on any atom is -0.0272 e. The van der Waals surface area contributed by atoms with Crippen LogP contribution in [0, 0.1) is 108 Å². The van der Waals surface area contributed by atoms with Crippen molar-refractivity contribution in [2.75, 3.05) is 0 Å². The Morgan fingerprint density at radius 2 is 0.221 bits per heavy atom. The van der Waals surface area contributed by atoms with Gasteiger partial charge in [0.05, 0.1) is 0 Å². The van der Waals surface area contributed by atoms with Crippen molar-refractivity contribution in [1.82, 2.24) is 0 Å². The van der Waals surface area contributed by atoms with Gasteiger partial charge in [-0.1, -0.05) is 403 Å². The lowest BCUT2D eigenvalue weighted by Gasteiger charge is -2.53. The highest BCUT2D eigenvalue weighted by atomic mass is 14.5. The molecule has 12 fully saturated rings. The van der Waals surface area contributed by atoms with Crippen LogP contribution in [0.1, 0.15) is 557 Å². The Hall–Kier alpha value is 0. The van der Waals surface area contributed by atoms with Crippen molar-refractivity contribution < 1.29 is 0 Å². The lowest BCUT2D eigenvalue weighted by Crippen LogP contribution is -2.42. The van der Waals surface area contributed by atoms with Crippen LogP contribution in [-0.4, -0.2) is 0 Å². The van der Waals surface area contributed by atoms with Crippen molar-refractivity contribution in [3.63, 3.8) is 0 Å². The fourth-order valence-corrected chi connectivity index (χ4v) is 22.0.